The highest BCUT2D eigenvalue weighted by molar-refractivity contribution is 8.19. The second-order valence-corrected chi connectivity index (χ2v) is 9.14. The van der Waals surface area contributed by atoms with Crippen LogP contribution < -0.4 is 0 Å². The van der Waals surface area contributed by atoms with Gasteiger partial charge in [0.15, 0.2) is 0 Å². The molecule has 106 valence electrons. The van der Waals surface area contributed by atoms with E-state index in [-0.39, 0.29) is 6.61 Å². The first-order valence-corrected chi connectivity index (χ1v) is 9.93. The number of benzene rings is 1. The zero-order valence-corrected chi connectivity index (χ0v) is 13.5. The maximum absolute atomic E-state index is 10.9. The van der Waals surface area contributed by atoms with E-state index in [1.54, 1.807) is 0 Å². The van der Waals surface area contributed by atoms with Crippen LogP contribution in [-0.2, 0) is 14.3 Å². The summed E-state index contributed by atoms with van der Waals surface area (Å²) in [7, 11) is -3.30. The summed E-state index contributed by atoms with van der Waals surface area (Å²) in [6.45, 7) is 2.38. The molecular formula is C13H18O3S3. The lowest BCUT2D eigenvalue weighted by Crippen LogP contribution is -2.10. The Bertz CT molecular complexity index is 510. The van der Waals surface area contributed by atoms with E-state index in [4.69, 9.17) is 4.18 Å². The van der Waals surface area contributed by atoms with Crippen molar-refractivity contribution in [1.82, 2.24) is 0 Å². The van der Waals surface area contributed by atoms with Crippen molar-refractivity contribution < 1.29 is 12.6 Å². The Kier molecular flexibility index (Phi) is 5.22. The summed E-state index contributed by atoms with van der Waals surface area (Å²) in [6, 6.07) is 8.62. The molecule has 2 rings (SSSR count). The summed E-state index contributed by atoms with van der Waals surface area (Å²) in [4.78, 5) is 0. The molecule has 1 saturated heterocycles. The van der Waals surface area contributed by atoms with Gasteiger partial charge in [0.05, 0.1) is 17.4 Å². The van der Waals surface area contributed by atoms with Gasteiger partial charge in [0.2, 0.25) is 0 Å². The van der Waals surface area contributed by atoms with E-state index in [2.05, 4.69) is 31.2 Å². The van der Waals surface area contributed by atoms with Crippen LogP contribution in [0, 0.1) is 6.92 Å². The van der Waals surface area contributed by atoms with Crippen LogP contribution in [0.15, 0.2) is 24.3 Å². The standard InChI is InChI=1S/C13H18O3S3/c1-10-3-5-11(6-4-10)13-17-9-12(18-13)7-8-16-19(2,14)15/h3-6,12-13H,7-9H2,1-2H3. The lowest BCUT2D eigenvalue weighted by Gasteiger charge is -2.10. The van der Waals surface area contributed by atoms with Gasteiger partial charge in [-0.1, -0.05) is 29.8 Å². The van der Waals surface area contributed by atoms with Gasteiger partial charge in [0.25, 0.3) is 10.1 Å². The number of aryl methyl sites for hydroxylation is 1. The van der Waals surface area contributed by atoms with Crippen molar-refractivity contribution in [1.29, 1.82) is 0 Å². The van der Waals surface area contributed by atoms with Gasteiger partial charge in [-0.3, -0.25) is 4.18 Å². The maximum Gasteiger partial charge on any atom is 0.264 e. The Morgan fingerprint density at radius 3 is 2.63 bits per heavy atom. The SMILES string of the molecule is Cc1ccc(C2SCC(CCOS(C)(=O)=O)S2)cc1. The van der Waals surface area contributed by atoms with Crippen molar-refractivity contribution in [2.45, 2.75) is 23.2 Å². The van der Waals surface area contributed by atoms with Crippen molar-refractivity contribution in [2.24, 2.45) is 0 Å². The average Bonchev–Trinajstić information content (AvgIpc) is 2.77. The van der Waals surface area contributed by atoms with Gasteiger partial charge in [0.1, 0.15) is 0 Å². The smallest absolute Gasteiger partial charge is 0.264 e. The Hall–Kier alpha value is -0.170. The molecule has 1 fully saturated rings. The summed E-state index contributed by atoms with van der Waals surface area (Å²) < 4.78 is 27.0. The van der Waals surface area contributed by atoms with E-state index in [0.717, 1.165) is 18.4 Å². The predicted octanol–water partition coefficient (Wildman–Crippen LogP) is 3.21. The van der Waals surface area contributed by atoms with Gasteiger partial charge in [-0.15, -0.1) is 23.5 Å². The van der Waals surface area contributed by atoms with Crippen molar-refractivity contribution >= 4 is 33.6 Å². The molecule has 0 saturated carbocycles. The van der Waals surface area contributed by atoms with Crippen LogP contribution in [-0.4, -0.2) is 32.3 Å². The molecular weight excluding hydrogens is 300 g/mol. The van der Waals surface area contributed by atoms with E-state index in [9.17, 15) is 8.42 Å². The number of hydrogen-bond acceptors (Lipinski definition) is 5. The highest BCUT2D eigenvalue weighted by Gasteiger charge is 2.27. The van der Waals surface area contributed by atoms with Crippen molar-refractivity contribution in [3.05, 3.63) is 35.4 Å². The fraction of sp³-hybridized carbons (Fsp3) is 0.538. The van der Waals surface area contributed by atoms with Gasteiger partial charge in [-0.05, 0) is 18.9 Å². The highest BCUT2D eigenvalue weighted by Crippen LogP contribution is 2.50. The van der Waals surface area contributed by atoms with Gasteiger partial charge < -0.3 is 0 Å². The molecule has 1 aliphatic rings. The molecule has 1 aliphatic heterocycles. The fourth-order valence-corrected chi connectivity index (χ4v) is 5.60. The average molecular weight is 318 g/mol. The summed E-state index contributed by atoms with van der Waals surface area (Å²) in [5.74, 6) is 1.05. The minimum atomic E-state index is -3.30. The zero-order chi connectivity index (χ0) is 13.9. The molecule has 3 nitrogen and oxygen atoms in total. The van der Waals surface area contributed by atoms with Gasteiger partial charge in [0, 0.05) is 11.0 Å². The lowest BCUT2D eigenvalue weighted by atomic mass is 10.2. The molecule has 0 spiro atoms. The van der Waals surface area contributed by atoms with Crippen molar-refractivity contribution in [3.63, 3.8) is 0 Å². The van der Waals surface area contributed by atoms with E-state index in [1.165, 1.54) is 11.1 Å². The molecule has 1 aromatic rings. The van der Waals surface area contributed by atoms with Crippen LogP contribution in [0.4, 0.5) is 0 Å². The van der Waals surface area contributed by atoms with Crippen LogP contribution in [0.3, 0.4) is 0 Å². The zero-order valence-electron chi connectivity index (χ0n) is 11.0. The molecule has 0 aromatic heterocycles. The third kappa shape index (κ3) is 5.02. The topological polar surface area (TPSA) is 43.4 Å². The molecule has 0 amide bonds. The Morgan fingerprint density at radius 1 is 1.32 bits per heavy atom. The van der Waals surface area contributed by atoms with Crippen LogP contribution in [0.1, 0.15) is 22.1 Å². The largest absolute Gasteiger partial charge is 0.270 e. The molecule has 6 heteroatoms. The van der Waals surface area contributed by atoms with Gasteiger partial charge in [-0.2, -0.15) is 8.42 Å². The Labute approximate surface area is 123 Å². The maximum atomic E-state index is 10.9. The molecule has 0 radical (unpaired) electrons. The van der Waals surface area contributed by atoms with E-state index >= 15 is 0 Å². The lowest BCUT2D eigenvalue weighted by molar-refractivity contribution is 0.316. The molecule has 0 aliphatic carbocycles. The van der Waals surface area contributed by atoms with E-state index in [0.29, 0.717) is 9.83 Å². The molecule has 0 N–H and O–H groups in total. The summed E-state index contributed by atoms with van der Waals surface area (Å²) in [6.07, 6.45) is 1.88. The molecule has 0 bridgehead atoms. The van der Waals surface area contributed by atoms with Crippen LogP contribution >= 0.6 is 23.5 Å². The third-order valence-electron chi connectivity index (χ3n) is 2.84. The minimum Gasteiger partial charge on any atom is -0.270 e. The van der Waals surface area contributed by atoms with E-state index < -0.39 is 10.1 Å². The summed E-state index contributed by atoms with van der Waals surface area (Å²) in [5, 5.41) is 0.470. The summed E-state index contributed by atoms with van der Waals surface area (Å²) in [5.41, 5.74) is 2.61. The minimum absolute atomic E-state index is 0.289. The van der Waals surface area contributed by atoms with Gasteiger partial charge >= 0.3 is 0 Å². The quantitative estimate of drug-likeness (QED) is 0.780. The molecule has 1 aromatic carbocycles. The first kappa shape index (κ1) is 15.2. The predicted molar refractivity (Wildman–Crippen MR) is 83.2 cm³/mol. The molecule has 19 heavy (non-hydrogen) atoms. The highest BCUT2D eigenvalue weighted by atomic mass is 32.2. The van der Waals surface area contributed by atoms with Crippen molar-refractivity contribution in [2.75, 3.05) is 18.6 Å². The van der Waals surface area contributed by atoms with Gasteiger partial charge in [-0.25, -0.2) is 0 Å². The Balaban J connectivity index is 1.81. The summed E-state index contributed by atoms with van der Waals surface area (Å²) >= 11 is 3.83. The van der Waals surface area contributed by atoms with Crippen LogP contribution in [0.5, 0.6) is 0 Å². The molecule has 2 unspecified atom stereocenters. The number of hydrogen-bond donors (Lipinski definition) is 0. The monoisotopic (exact) mass is 318 g/mol. The second kappa shape index (κ2) is 6.52. The van der Waals surface area contributed by atoms with E-state index in [1.807, 2.05) is 23.5 Å². The van der Waals surface area contributed by atoms with Crippen molar-refractivity contribution in [3.8, 4) is 0 Å². The number of rotatable bonds is 5. The molecule has 2 atom stereocenters. The third-order valence-corrected chi connectivity index (χ3v) is 6.86. The first-order valence-electron chi connectivity index (χ1n) is 6.12. The normalized spacial score (nSPS) is 23.7. The second-order valence-electron chi connectivity index (χ2n) is 4.65. The fourth-order valence-electron chi connectivity index (χ4n) is 1.83. The first-order chi connectivity index (χ1) is 8.94. The van der Waals surface area contributed by atoms with Crippen LogP contribution in [0.25, 0.3) is 0 Å². The Morgan fingerprint density at radius 2 is 2.00 bits per heavy atom. The molecule has 1 heterocycles. The van der Waals surface area contributed by atoms with Crippen LogP contribution in [0.2, 0.25) is 0 Å². The number of thioether (sulfide) groups is 2.